The second kappa shape index (κ2) is 7.46. The van der Waals surface area contributed by atoms with E-state index >= 15 is 0 Å². The molecule has 1 fully saturated rings. The van der Waals surface area contributed by atoms with Crippen LogP contribution in [-0.4, -0.2) is 91.4 Å². The molecule has 24 heavy (non-hydrogen) atoms. The van der Waals surface area contributed by atoms with Gasteiger partial charge in [0.05, 0.1) is 24.9 Å². The van der Waals surface area contributed by atoms with E-state index < -0.39 is 67.5 Å². The van der Waals surface area contributed by atoms with Crippen LogP contribution in [0.15, 0.2) is 0 Å². The Morgan fingerprint density at radius 3 is 1.54 bits per heavy atom. The van der Waals surface area contributed by atoms with Gasteiger partial charge in [-0.3, -0.25) is 17.9 Å². The molecule has 0 aliphatic carbocycles. The van der Waals surface area contributed by atoms with Gasteiger partial charge in [0, 0.05) is 6.54 Å². The summed E-state index contributed by atoms with van der Waals surface area (Å²) >= 11 is 0. The van der Waals surface area contributed by atoms with Gasteiger partial charge in [-0.2, -0.15) is 25.3 Å². The Balaban J connectivity index is 3.38. The molecular weight excluding hydrogens is 394 g/mol. The van der Waals surface area contributed by atoms with E-state index in [0.717, 1.165) is 0 Å². The van der Waals surface area contributed by atoms with Crippen LogP contribution in [0.1, 0.15) is 0 Å². The molecule has 0 aromatic rings. The summed E-state index contributed by atoms with van der Waals surface area (Å²) in [5.41, 5.74) is 0. The van der Waals surface area contributed by atoms with Gasteiger partial charge in [0.2, 0.25) is 0 Å². The Bertz CT molecular complexity index is 696. The number of nitrogens with one attached hydrogen (secondary N) is 1. The molecule has 144 valence electrons. The number of hydrogen-bond acceptors (Lipinski definition) is 12. The van der Waals surface area contributed by atoms with Crippen LogP contribution in [-0.2, 0) is 42.9 Å². The van der Waals surface area contributed by atoms with E-state index in [1.165, 1.54) is 0 Å². The molecule has 1 aliphatic rings. The summed E-state index contributed by atoms with van der Waals surface area (Å²) in [6, 6.07) is 0. The van der Waals surface area contributed by atoms with Crippen LogP contribution in [0.5, 0.6) is 0 Å². The highest BCUT2D eigenvalue weighted by molar-refractivity contribution is 7.86. The Labute approximate surface area is 140 Å². The second-order valence-electron chi connectivity index (χ2n) is 5.22. The first-order chi connectivity index (χ1) is 10.6. The third-order valence-electron chi connectivity index (χ3n) is 2.73. The summed E-state index contributed by atoms with van der Waals surface area (Å²) in [5, 5.41) is 22.2. The van der Waals surface area contributed by atoms with E-state index in [-0.39, 0.29) is 0 Å². The zero-order valence-electron chi connectivity index (χ0n) is 12.9. The average molecular weight is 413 g/mol. The van der Waals surface area contributed by atoms with Gasteiger partial charge >= 0.3 is 0 Å². The fraction of sp³-hybridized carbons (Fsp3) is 1.00. The fourth-order valence-electron chi connectivity index (χ4n) is 2.00. The highest BCUT2D eigenvalue weighted by atomic mass is 32.2. The highest BCUT2D eigenvalue weighted by Crippen LogP contribution is 2.24. The molecule has 0 bridgehead atoms. The van der Waals surface area contributed by atoms with Crippen LogP contribution in [0, 0.1) is 0 Å². The van der Waals surface area contributed by atoms with Crippen molar-refractivity contribution in [2.45, 2.75) is 30.6 Å². The Morgan fingerprint density at radius 1 is 0.750 bits per heavy atom. The first kappa shape index (κ1) is 21.7. The molecule has 1 heterocycles. The average Bonchev–Trinajstić information content (AvgIpc) is 2.40. The highest BCUT2D eigenvalue weighted by Gasteiger charge is 2.48. The number of hydrogen-bond donors (Lipinski definition) is 3. The standard InChI is InChI=1S/C9H19NO11S3/c1-22(13,14)19-6-5(11)4-10-9(12)8(21-24(3,17)18)7(6)20-23(2,15)16/h5-12H,4H2,1-3H3/t5-,6-,7+,8+,9-/m1/s1. The maximum atomic E-state index is 11.4. The van der Waals surface area contributed by atoms with E-state index in [2.05, 4.69) is 17.9 Å². The fourth-order valence-corrected chi connectivity index (χ4v) is 3.88. The third-order valence-corrected chi connectivity index (χ3v) is 4.45. The van der Waals surface area contributed by atoms with Crippen LogP contribution in [0.3, 0.4) is 0 Å². The van der Waals surface area contributed by atoms with Crippen LogP contribution in [0.25, 0.3) is 0 Å². The summed E-state index contributed by atoms with van der Waals surface area (Å²) in [6.45, 7) is -0.450. The molecule has 12 nitrogen and oxygen atoms in total. The van der Waals surface area contributed by atoms with Gasteiger partial charge in [-0.25, -0.2) is 0 Å². The van der Waals surface area contributed by atoms with Gasteiger partial charge < -0.3 is 10.2 Å². The molecule has 0 aromatic heterocycles. The molecule has 3 N–H and O–H groups in total. The van der Waals surface area contributed by atoms with Crippen LogP contribution in [0.2, 0.25) is 0 Å². The van der Waals surface area contributed by atoms with Gasteiger partial charge in [-0.1, -0.05) is 0 Å². The number of β-amino-alcohol motifs (C(OH)–C–C–N with tert-alkyl or cyclic N) is 1. The lowest BCUT2D eigenvalue weighted by Crippen LogP contribution is -2.52. The predicted octanol–water partition coefficient (Wildman–Crippen LogP) is -3.70. The van der Waals surface area contributed by atoms with Gasteiger partial charge in [0.1, 0.15) is 24.5 Å². The molecule has 1 saturated heterocycles. The minimum atomic E-state index is -4.26. The summed E-state index contributed by atoms with van der Waals surface area (Å²) < 4.78 is 82.2. The monoisotopic (exact) mass is 413 g/mol. The lowest BCUT2D eigenvalue weighted by atomic mass is 10.0. The lowest BCUT2D eigenvalue weighted by Gasteiger charge is -2.31. The first-order valence-corrected chi connectivity index (χ1v) is 11.8. The zero-order valence-corrected chi connectivity index (χ0v) is 15.3. The molecule has 0 amide bonds. The lowest BCUT2D eigenvalue weighted by molar-refractivity contribution is -0.0807. The molecule has 15 heteroatoms. The first-order valence-electron chi connectivity index (χ1n) is 6.33. The molecule has 0 aromatic carbocycles. The molecule has 0 saturated carbocycles. The van der Waals surface area contributed by atoms with Gasteiger partial charge in [0.25, 0.3) is 30.4 Å². The molecular formula is C9H19NO11S3. The van der Waals surface area contributed by atoms with Crippen molar-refractivity contribution in [3.05, 3.63) is 0 Å². The van der Waals surface area contributed by atoms with Crippen molar-refractivity contribution in [2.75, 3.05) is 25.3 Å². The second-order valence-corrected chi connectivity index (χ2v) is 10.0. The summed E-state index contributed by atoms with van der Waals surface area (Å²) in [6.07, 6.45) is -7.31. The number of aliphatic hydroxyl groups excluding tert-OH is 2. The van der Waals surface area contributed by atoms with E-state index in [0.29, 0.717) is 18.8 Å². The smallest absolute Gasteiger partial charge is 0.264 e. The minimum absolute atomic E-state index is 0.450. The van der Waals surface area contributed by atoms with Crippen LogP contribution in [0.4, 0.5) is 0 Å². The third kappa shape index (κ3) is 7.24. The van der Waals surface area contributed by atoms with Crippen molar-refractivity contribution in [3.8, 4) is 0 Å². The number of aliphatic hydroxyl groups is 2. The SMILES string of the molecule is CS(=O)(=O)O[C@H]1[C@H](OS(C)(=O)=O)[C@H](O)CN[C@H](O)[C@H]1OS(C)(=O)=O. The van der Waals surface area contributed by atoms with Crippen molar-refractivity contribution >= 4 is 30.4 Å². The summed E-state index contributed by atoms with van der Waals surface area (Å²) in [4.78, 5) is 0. The van der Waals surface area contributed by atoms with E-state index in [1.54, 1.807) is 0 Å². The van der Waals surface area contributed by atoms with E-state index in [1.807, 2.05) is 0 Å². The van der Waals surface area contributed by atoms with Crippen LogP contribution < -0.4 is 5.32 Å². The topological polar surface area (TPSA) is 183 Å². The zero-order chi connectivity index (χ0) is 18.9. The molecule has 0 unspecified atom stereocenters. The summed E-state index contributed by atoms with van der Waals surface area (Å²) in [7, 11) is -12.7. The summed E-state index contributed by atoms with van der Waals surface area (Å²) in [5.74, 6) is 0. The Kier molecular flexibility index (Phi) is 6.73. The van der Waals surface area contributed by atoms with Crippen molar-refractivity contribution < 1.29 is 48.0 Å². The Hall–Kier alpha value is -0.390. The predicted molar refractivity (Wildman–Crippen MR) is 79.2 cm³/mol. The van der Waals surface area contributed by atoms with E-state index in [4.69, 9.17) is 0 Å². The quantitative estimate of drug-likeness (QED) is 0.363. The van der Waals surface area contributed by atoms with Crippen molar-refractivity contribution in [1.29, 1.82) is 0 Å². The molecule has 0 spiro atoms. The van der Waals surface area contributed by atoms with Gasteiger partial charge in [-0.15, -0.1) is 0 Å². The largest absolute Gasteiger partial charge is 0.389 e. The normalized spacial score (nSPS) is 33.1. The maximum absolute atomic E-state index is 11.4. The molecule has 5 atom stereocenters. The minimum Gasteiger partial charge on any atom is -0.389 e. The molecule has 0 radical (unpaired) electrons. The van der Waals surface area contributed by atoms with Gasteiger partial charge in [0.15, 0.2) is 0 Å². The molecule has 1 aliphatic heterocycles. The maximum Gasteiger partial charge on any atom is 0.264 e. The van der Waals surface area contributed by atoms with E-state index in [9.17, 15) is 35.5 Å². The van der Waals surface area contributed by atoms with Crippen molar-refractivity contribution in [1.82, 2.24) is 5.32 Å². The van der Waals surface area contributed by atoms with Crippen molar-refractivity contribution in [2.24, 2.45) is 0 Å². The Morgan fingerprint density at radius 2 is 1.12 bits per heavy atom. The van der Waals surface area contributed by atoms with Crippen LogP contribution >= 0.6 is 0 Å². The van der Waals surface area contributed by atoms with Gasteiger partial charge in [-0.05, 0) is 0 Å². The van der Waals surface area contributed by atoms with Crippen molar-refractivity contribution in [3.63, 3.8) is 0 Å². The number of rotatable bonds is 6. The molecule has 1 rings (SSSR count).